The number of likely N-dealkylation sites (tertiary alicyclic amines) is 1. The molecule has 0 radical (unpaired) electrons. The monoisotopic (exact) mass is 403 g/mol. The molecule has 1 aromatic carbocycles. The quantitative estimate of drug-likeness (QED) is 0.708. The van der Waals surface area contributed by atoms with Crippen molar-refractivity contribution in [2.75, 3.05) is 39.3 Å². The number of rotatable bonds is 5. The number of hydrogen-bond donors (Lipinski definition) is 0. The summed E-state index contributed by atoms with van der Waals surface area (Å²) in [4.78, 5) is 31.8. The van der Waals surface area contributed by atoms with Crippen LogP contribution in [0.25, 0.3) is 0 Å². The van der Waals surface area contributed by atoms with Crippen LogP contribution in [0.15, 0.2) is 24.3 Å². The van der Waals surface area contributed by atoms with E-state index in [0.717, 1.165) is 64.8 Å². The van der Waals surface area contributed by atoms with Crippen LogP contribution in [0, 0.1) is 5.82 Å². The zero-order chi connectivity index (χ0) is 20.4. The third kappa shape index (κ3) is 3.84. The first-order valence-electron chi connectivity index (χ1n) is 10.8. The smallest absolute Gasteiger partial charge is 0.267 e. The summed E-state index contributed by atoms with van der Waals surface area (Å²) in [5.74, 6) is 0.0625. The van der Waals surface area contributed by atoms with Crippen LogP contribution < -0.4 is 4.74 Å². The van der Waals surface area contributed by atoms with Gasteiger partial charge in [0, 0.05) is 26.2 Å². The van der Waals surface area contributed by atoms with Gasteiger partial charge in [-0.05, 0) is 43.7 Å². The lowest BCUT2D eigenvalue weighted by molar-refractivity contribution is -0.189. The summed E-state index contributed by atoms with van der Waals surface area (Å²) >= 11 is 0. The third-order valence-electron chi connectivity index (χ3n) is 6.77. The number of piperazine rings is 1. The van der Waals surface area contributed by atoms with E-state index in [9.17, 15) is 14.0 Å². The number of amides is 2. The largest absolute Gasteiger partial charge is 0.478 e. The molecule has 6 nitrogen and oxygen atoms in total. The maximum absolute atomic E-state index is 13.2. The topological polar surface area (TPSA) is 53.1 Å². The molecule has 29 heavy (non-hydrogen) atoms. The summed E-state index contributed by atoms with van der Waals surface area (Å²) in [5.41, 5.74) is -0.412. The van der Waals surface area contributed by atoms with Crippen LogP contribution in [-0.2, 0) is 9.59 Å². The Hall–Kier alpha value is -2.15. The molecular formula is C22H30FN3O3. The minimum Gasteiger partial charge on any atom is -0.478 e. The summed E-state index contributed by atoms with van der Waals surface area (Å²) in [5, 5.41) is 0. The molecule has 2 amide bonds. The Morgan fingerprint density at radius 3 is 2.38 bits per heavy atom. The van der Waals surface area contributed by atoms with Gasteiger partial charge in [-0.25, -0.2) is 4.39 Å². The van der Waals surface area contributed by atoms with Crippen LogP contribution in [0.5, 0.6) is 5.75 Å². The van der Waals surface area contributed by atoms with Crippen LogP contribution in [0.2, 0.25) is 0 Å². The van der Waals surface area contributed by atoms with E-state index < -0.39 is 11.6 Å². The first-order chi connectivity index (χ1) is 14.0. The summed E-state index contributed by atoms with van der Waals surface area (Å²) in [6.45, 7) is 6.47. The van der Waals surface area contributed by atoms with Crippen molar-refractivity contribution in [1.29, 1.82) is 0 Å². The highest BCUT2D eigenvalue weighted by Gasteiger charge is 2.62. The zero-order valence-electron chi connectivity index (χ0n) is 17.1. The molecule has 158 valence electrons. The van der Waals surface area contributed by atoms with Crippen molar-refractivity contribution in [3.05, 3.63) is 30.1 Å². The van der Waals surface area contributed by atoms with Gasteiger partial charge in [0.05, 0.1) is 5.54 Å². The molecule has 3 fully saturated rings. The second-order valence-corrected chi connectivity index (χ2v) is 8.36. The van der Waals surface area contributed by atoms with Crippen LogP contribution >= 0.6 is 0 Å². The van der Waals surface area contributed by atoms with E-state index >= 15 is 0 Å². The molecule has 3 aliphatic rings. The number of benzene rings is 1. The van der Waals surface area contributed by atoms with Gasteiger partial charge in [-0.2, -0.15) is 0 Å². The fourth-order valence-electron chi connectivity index (χ4n) is 4.96. The first kappa shape index (κ1) is 20.1. The Balaban J connectivity index is 1.44. The molecule has 7 heteroatoms. The van der Waals surface area contributed by atoms with Crippen molar-refractivity contribution >= 4 is 11.8 Å². The molecule has 0 aromatic heterocycles. The van der Waals surface area contributed by atoms with E-state index in [0.29, 0.717) is 5.75 Å². The Kier molecular flexibility index (Phi) is 5.76. The molecule has 1 saturated carbocycles. The summed E-state index contributed by atoms with van der Waals surface area (Å²) in [6, 6.07) is 5.78. The Bertz CT molecular complexity index is 740. The van der Waals surface area contributed by atoms with Gasteiger partial charge in [0.25, 0.3) is 5.91 Å². The summed E-state index contributed by atoms with van der Waals surface area (Å²) in [6.07, 6.45) is 4.30. The highest BCUT2D eigenvalue weighted by molar-refractivity contribution is 5.94. The Morgan fingerprint density at radius 1 is 1.10 bits per heavy atom. The number of halogens is 1. The molecule has 0 N–H and O–H groups in total. The second-order valence-electron chi connectivity index (χ2n) is 8.36. The van der Waals surface area contributed by atoms with Gasteiger partial charge in [0.1, 0.15) is 18.1 Å². The average Bonchev–Trinajstić information content (AvgIpc) is 2.77. The zero-order valence-corrected chi connectivity index (χ0v) is 17.1. The molecule has 2 heterocycles. The maximum Gasteiger partial charge on any atom is 0.267 e. The van der Waals surface area contributed by atoms with Crippen molar-refractivity contribution < 1.29 is 18.7 Å². The van der Waals surface area contributed by atoms with E-state index in [1.165, 1.54) is 12.1 Å². The fourth-order valence-corrected chi connectivity index (χ4v) is 4.96. The molecule has 1 unspecified atom stereocenters. The van der Waals surface area contributed by atoms with Crippen molar-refractivity contribution in [3.63, 3.8) is 0 Å². The van der Waals surface area contributed by atoms with E-state index in [4.69, 9.17) is 4.74 Å². The van der Waals surface area contributed by atoms with Gasteiger partial charge in [-0.3, -0.25) is 9.59 Å². The van der Waals surface area contributed by atoms with Crippen molar-refractivity contribution in [3.8, 4) is 5.75 Å². The minimum absolute atomic E-state index is 0.0271. The van der Waals surface area contributed by atoms with Gasteiger partial charge in [-0.1, -0.05) is 26.2 Å². The molecule has 2 aliphatic heterocycles. The summed E-state index contributed by atoms with van der Waals surface area (Å²) in [7, 11) is 0. The van der Waals surface area contributed by atoms with Crippen LogP contribution in [0.4, 0.5) is 4.39 Å². The number of carbonyl (C=O) groups excluding carboxylic acids is 2. The highest BCUT2D eigenvalue weighted by Crippen LogP contribution is 2.45. The number of β-lactam (4-membered cyclic amide) rings is 1. The first-order valence-corrected chi connectivity index (χ1v) is 10.8. The van der Waals surface area contributed by atoms with Crippen LogP contribution in [0.1, 0.15) is 39.0 Å². The van der Waals surface area contributed by atoms with Crippen molar-refractivity contribution in [1.82, 2.24) is 14.7 Å². The Labute approximate surface area is 171 Å². The van der Waals surface area contributed by atoms with Crippen LogP contribution in [-0.4, -0.2) is 77.4 Å². The number of likely N-dealkylation sites (N-methyl/N-ethyl adjacent to an activating group) is 1. The number of nitrogens with zero attached hydrogens (tertiary/aromatic N) is 3. The van der Waals surface area contributed by atoms with Gasteiger partial charge >= 0.3 is 0 Å². The van der Waals surface area contributed by atoms with E-state index in [-0.39, 0.29) is 24.2 Å². The standard InChI is InChI=1S/C22H30FN3O3/c1-2-24-12-14-25(15-13-24)19(27)16-26-21(28)20(22(26)10-4-3-5-11-22)29-18-8-6-17(23)7-9-18/h6-9,20H,2-5,10-16H2,1H3. The SMILES string of the molecule is CCN1CCN(C(=O)CN2C(=O)C(Oc3ccc(F)cc3)C23CCCCC3)CC1. The van der Waals surface area contributed by atoms with Crippen molar-refractivity contribution in [2.24, 2.45) is 0 Å². The fraction of sp³-hybridized carbons (Fsp3) is 0.636. The number of carbonyl (C=O) groups is 2. The minimum atomic E-state index is -0.585. The molecular weight excluding hydrogens is 373 g/mol. The van der Waals surface area contributed by atoms with Crippen LogP contribution in [0.3, 0.4) is 0 Å². The molecule has 1 aromatic rings. The normalized spacial score (nSPS) is 24.5. The molecule has 1 atom stereocenters. The predicted molar refractivity (Wildman–Crippen MR) is 107 cm³/mol. The molecule has 1 spiro atoms. The number of ether oxygens (including phenoxy) is 1. The van der Waals surface area contributed by atoms with Gasteiger partial charge < -0.3 is 19.4 Å². The predicted octanol–water partition coefficient (Wildman–Crippen LogP) is 2.28. The summed E-state index contributed by atoms with van der Waals surface area (Å²) < 4.78 is 19.2. The van der Waals surface area contributed by atoms with E-state index in [2.05, 4.69) is 11.8 Å². The molecule has 0 bridgehead atoms. The van der Waals surface area contributed by atoms with E-state index in [1.807, 2.05) is 4.90 Å². The molecule has 4 rings (SSSR count). The van der Waals surface area contributed by atoms with E-state index in [1.54, 1.807) is 17.0 Å². The Morgan fingerprint density at radius 2 is 1.76 bits per heavy atom. The van der Waals surface area contributed by atoms with Gasteiger partial charge in [0.2, 0.25) is 5.91 Å². The second kappa shape index (κ2) is 8.30. The molecule has 2 saturated heterocycles. The lowest BCUT2D eigenvalue weighted by atomic mass is 9.70. The number of hydrogen-bond acceptors (Lipinski definition) is 4. The maximum atomic E-state index is 13.2. The highest BCUT2D eigenvalue weighted by atomic mass is 19.1. The average molecular weight is 403 g/mol. The van der Waals surface area contributed by atoms with Crippen molar-refractivity contribution in [2.45, 2.75) is 50.7 Å². The lowest BCUT2D eigenvalue weighted by Crippen LogP contribution is -2.77. The van der Waals surface area contributed by atoms with Gasteiger partial charge in [0.15, 0.2) is 6.10 Å². The van der Waals surface area contributed by atoms with Gasteiger partial charge in [-0.15, -0.1) is 0 Å². The third-order valence-corrected chi connectivity index (χ3v) is 6.77. The lowest BCUT2D eigenvalue weighted by Gasteiger charge is -2.58. The molecule has 1 aliphatic carbocycles.